The van der Waals surface area contributed by atoms with Gasteiger partial charge in [-0.2, -0.15) is 0 Å². The van der Waals surface area contributed by atoms with Gasteiger partial charge in [0.2, 0.25) is 0 Å². The standard InChI is InChI=1S/C12H25NO2.Na/c1-3-4-5-6-7-8-10-13(2)11-9-12(14)15;/h3-11H2,1-2H3,(H,14,15);. The molecule has 16 heavy (non-hydrogen) atoms. The SMILES string of the molecule is CCCCCCCCN(C)CCC(=O)O.[Na]. The van der Waals surface area contributed by atoms with Gasteiger partial charge in [0, 0.05) is 36.1 Å². The smallest absolute Gasteiger partial charge is 0.304 e. The van der Waals surface area contributed by atoms with Crippen molar-refractivity contribution < 1.29 is 9.90 Å². The van der Waals surface area contributed by atoms with Crippen molar-refractivity contribution in [3.8, 4) is 0 Å². The minimum Gasteiger partial charge on any atom is -0.481 e. The second kappa shape index (κ2) is 13.5. The van der Waals surface area contributed by atoms with Crippen molar-refractivity contribution >= 4 is 35.5 Å². The molecule has 0 amide bonds. The maximum atomic E-state index is 10.3. The van der Waals surface area contributed by atoms with Crippen molar-refractivity contribution in [2.24, 2.45) is 0 Å². The number of hydrogen-bond donors (Lipinski definition) is 1. The number of carbonyl (C=O) groups is 1. The first-order valence-electron chi connectivity index (χ1n) is 6.07. The Kier molecular flexibility index (Phi) is 15.8. The summed E-state index contributed by atoms with van der Waals surface area (Å²) in [5.41, 5.74) is 0. The molecule has 0 aliphatic heterocycles. The largest absolute Gasteiger partial charge is 0.481 e. The zero-order valence-corrected chi connectivity index (χ0v) is 13.2. The van der Waals surface area contributed by atoms with Crippen LogP contribution in [-0.4, -0.2) is 65.7 Å². The number of hydrogen-bond acceptors (Lipinski definition) is 2. The third kappa shape index (κ3) is 14.4. The minimum absolute atomic E-state index is 0. The number of rotatable bonds is 10. The van der Waals surface area contributed by atoms with Gasteiger partial charge in [0.1, 0.15) is 0 Å². The molecule has 0 heterocycles. The predicted octanol–water partition coefficient (Wildman–Crippen LogP) is 2.37. The van der Waals surface area contributed by atoms with E-state index in [2.05, 4.69) is 11.8 Å². The van der Waals surface area contributed by atoms with Gasteiger partial charge in [-0.1, -0.05) is 39.0 Å². The summed E-state index contributed by atoms with van der Waals surface area (Å²) < 4.78 is 0. The molecule has 0 aromatic heterocycles. The van der Waals surface area contributed by atoms with Crippen molar-refractivity contribution in [2.45, 2.75) is 51.9 Å². The third-order valence-electron chi connectivity index (χ3n) is 2.60. The Morgan fingerprint density at radius 2 is 1.62 bits per heavy atom. The summed E-state index contributed by atoms with van der Waals surface area (Å²) in [6, 6.07) is 0. The molecule has 4 heteroatoms. The van der Waals surface area contributed by atoms with Gasteiger partial charge in [0.15, 0.2) is 0 Å². The van der Waals surface area contributed by atoms with Crippen LogP contribution in [0, 0.1) is 0 Å². The van der Waals surface area contributed by atoms with E-state index in [-0.39, 0.29) is 36.0 Å². The molecule has 0 spiro atoms. The number of carboxylic acids is 1. The van der Waals surface area contributed by atoms with E-state index in [0.29, 0.717) is 6.54 Å². The van der Waals surface area contributed by atoms with Crippen LogP contribution >= 0.6 is 0 Å². The van der Waals surface area contributed by atoms with E-state index in [1.54, 1.807) is 0 Å². The van der Waals surface area contributed by atoms with Gasteiger partial charge in [-0.25, -0.2) is 0 Å². The summed E-state index contributed by atoms with van der Waals surface area (Å²) in [6.45, 7) is 3.92. The Morgan fingerprint density at radius 3 is 2.19 bits per heavy atom. The first-order chi connectivity index (χ1) is 7.16. The number of carboxylic acid groups (broad SMARTS) is 1. The molecule has 1 radical (unpaired) electrons. The summed E-state index contributed by atoms with van der Waals surface area (Å²) >= 11 is 0. The maximum Gasteiger partial charge on any atom is 0.304 e. The van der Waals surface area contributed by atoms with Gasteiger partial charge in [-0.05, 0) is 20.0 Å². The second-order valence-corrected chi connectivity index (χ2v) is 4.21. The quantitative estimate of drug-likeness (QED) is 0.469. The molecule has 0 aliphatic carbocycles. The average molecular weight is 238 g/mol. The predicted molar refractivity (Wildman–Crippen MR) is 68.9 cm³/mol. The van der Waals surface area contributed by atoms with Crippen LogP contribution in [0.5, 0.6) is 0 Å². The van der Waals surface area contributed by atoms with E-state index in [0.717, 1.165) is 6.54 Å². The van der Waals surface area contributed by atoms with E-state index in [9.17, 15) is 4.79 Å². The van der Waals surface area contributed by atoms with E-state index >= 15 is 0 Å². The molecule has 0 unspecified atom stereocenters. The molecule has 0 rings (SSSR count). The fraction of sp³-hybridized carbons (Fsp3) is 0.917. The molecule has 0 fully saturated rings. The second-order valence-electron chi connectivity index (χ2n) is 4.21. The average Bonchev–Trinajstić information content (AvgIpc) is 2.20. The van der Waals surface area contributed by atoms with Crippen LogP contribution in [0.2, 0.25) is 0 Å². The Morgan fingerprint density at radius 1 is 1.06 bits per heavy atom. The first kappa shape index (κ1) is 18.8. The molecule has 0 atom stereocenters. The number of nitrogens with zero attached hydrogens (tertiary/aromatic N) is 1. The number of unbranched alkanes of at least 4 members (excludes halogenated alkanes) is 5. The van der Waals surface area contributed by atoms with Crippen LogP contribution in [0.3, 0.4) is 0 Å². The van der Waals surface area contributed by atoms with E-state index in [4.69, 9.17) is 5.11 Å². The molecule has 0 aliphatic rings. The van der Waals surface area contributed by atoms with E-state index < -0.39 is 5.97 Å². The topological polar surface area (TPSA) is 40.5 Å². The molecule has 91 valence electrons. The van der Waals surface area contributed by atoms with Crippen LogP contribution in [0.1, 0.15) is 51.9 Å². The summed E-state index contributed by atoms with van der Waals surface area (Å²) in [7, 11) is 2.00. The molecule has 3 nitrogen and oxygen atoms in total. The van der Waals surface area contributed by atoms with Crippen LogP contribution in [0.4, 0.5) is 0 Å². The van der Waals surface area contributed by atoms with Crippen molar-refractivity contribution in [3.05, 3.63) is 0 Å². The fourth-order valence-corrected chi connectivity index (χ4v) is 1.56. The van der Waals surface area contributed by atoms with Gasteiger partial charge >= 0.3 is 5.97 Å². The minimum atomic E-state index is -0.704. The summed E-state index contributed by atoms with van der Waals surface area (Å²) in [6.07, 6.45) is 8.02. The van der Waals surface area contributed by atoms with Gasteiger partial charge < -0.3 is 10.0 Å². The van der Waals surface area contributed by atoms with Crippen molar-refractivity contribution in [1.82, 2.24) is 4.90 Å². The molecule has 1 N–H and O–H groups in total. The fourth-order valence-electron chi connectivity index (χ4n) is 1.56. The molecule has 0 aromatic rings. The Labute approximate surface area is 122 Å². The van der Waals surface area contributed by atoms with Crippen molar-refractivity contribution in [2.75, 3.05) is 20.1 Å². The zero-order chi connectivity index (χ0) is 11.5. The maximum absolute atomic E-state index is 10.3. The van der Waals surface area contributed by atoms with E-state index in [1.165, 1.54) is 38.5 Å². The van der Waals surface area contributed by atoms with Crippen LogP contribution in [0.25, 0.3) is 0 Å². The van der Waals surface area contributed by atoms with Gasteiger partial charge in [0.05, 0.1) is 6.42 Å². The molecular weight excluding hydrogens is 213 g/mol. The molecular formula is C12H25NNaO2. The van der Waals surface area contributed by atoms with Crippen LogP contribution in [0.15, 0.2) is 0 Å². The first-order valence-corrected chi connectivity index (χ1v) is 6.07. The van der Waals surface area contributed by atoms with Crippen LogP contribution < -0.4 is 0 Å². The van der Waals surface area contributed by atoms with Crippen molar-refractivity contribution in [3.63, 3.8) is 0 Å². The van der Waals surface area contributed by atoms with Crippen LogP contribution in [-0.2, 0) is 4.79 Å². The molecule has 0 aromatic carbocycles. The molecule has 0 bridgehead atoms. The Hall–Kier alpha value is 0.430. The normalized spacial score (nSPS) is 10.2. The Balaban J connectivity index is 0. The number of aliphatic carboxylic acids is 1. The monoisotopic (exact) mass is 238 g/mol. The molecule has 0 saturated carbocycles. The van der Waals surface area contributed by atoms with Gasteiger partial charge in [-0.3, -0.25) is 4.79 Å². The van der Waals surface area contributed by atoms with E-state index in [1.807, 2.05) is 7.05 Å². The molecule has 0 saturated heterocycles. The Bertz CT molecular complexity index is 165. The summed E-state index contributed by atoms with van der Waals surface area (Å²) in [5, 5.41) is 8.50. The summed E-state index contributed by atoms with van der Waals surface area (Å²) in [5.74, 6) is -0.704. The third-order valence-corrected chi connectivity index (χ3v) is 2.60. The van der Waals surface area contributed by atoms with Crippen molar-refractivity contribution in [1.29, 1.82) is 0 Å². The van der Waals surface area contributed by atoms with Gasteiger partial charge in [0.25, 0.3) is 0 Å². The summed E-state index contributed by atoms with van der Waals surface area (Å²) in [4.78, 5) is 12.4. The zero-order valence-electron chi connectivity index (χ0n) is 11.2. The van der Waals surface area contributed by atoms with Gasteiger partial charge in [-0.15, -0.1) is 0 Å².